The first kappa shape index (κ1) is 16.9. The lowest BCUT2D eigenvalue weighted by Crippen LogP contribution is -2.13. The van der Waals surface area contributed by atoms with Gasteiger partial charge in [-0.25, -0.2) is 13.6 Å². The van der Waals surface area contributed by atoms with E-state index in [1.165, 1.54) is 6.07 Å². The van der Waals surface area contributed by atoms with Gasteiger partial charge in [0.05, 0.1) is 11.5 Å². The van der Waals surface area contributed by atoms with Crippen LogP contribution in [0.15, 0.2) is 23.1 Å². The Morgan fingerprint density at radius 1 is 1.20 bits per heavy atom. The van der Waals surface area contributed by atoms with Crippen LogP contribution in [0.1, 0.15) is 38.7 Å². The molecule has 0 spiro atoms. The number of benzene rings is 1. The molecule has 0 atom stereocenters. The van der Waals surface area contributed by atoms with Crippen LogP contribution in [-0.4, -0.2) is 28.2 Å². The Labute approximate surface area is 121 Å². The Morgan fingerprint density at radius 3 is 2.45 bits per heavy atom. The molecule has 0 saturated heterocycles. The maximum absolute atomic E-state index is 11.4. The smallest absolute Gasteiger partial charge is 0.238 e. The Morgan fingerprint density at radius 2 is 1.90 bits per heavy atom. The molecule has 0 aromatic heterocycles. The summed E-state index contributed by atoms with van der Waals surface area (Å²) in [6.45, 7) is 7.66. The maximum atomic E-state index is 11.4. The van der Waals surface area contributed by atoms with Crippen molar-refractivity contribution in [2.24, 2.45) is 5.14 Å². The van der Waals surface area contributed by atoms with Crippen molar-refractivity contribution in [1.29, 1.82) is 0 Å². The minimum Gasteiger partial charge on any atom is -0.491 e. The molecule has 0 aliphatic heterocycles. The van der Waals surface area contributed by atoms with Crippen molar-refractivity contribution < 1.29 is 17.9 Å². The minimum atomic E-state index is -3.69. The van der Waals surface area contributed by atoms with Gasteiger partial charge < -0.3 is 9.47 Å². The molecular weight excluding hydrogens is 278 g/mol. The van der Waals surface area contributed by atoms with E-state index in [1.807, 2.05) is 20.8 Å². The predicted octanol–water partition coefficient (Wildman–Crippen LogP) is 2.26. The molecule has 1 rings (SSSR count). The van der Waals surface area contributed by atoms with Crippen LogP contribution >= 0.6 is 0 Å². The van der Waals surface area contributed by atoms with E-state index in [4.69, 9.17) is 14.6 Å². The van der Waals surface area contributed by atoms with E-state index < -0.39 is 10.0 Å². The number of rotatable bonds is 8. The van der Waals surface area contributed by atoms with Gasteiger partial charge in [-0.2, -0.15) is 0 Å². The van der Waals surface area contributed by atoms with E-state index in [0.717, 1.165) is 12.0 Å². The molecule has 1 aromatic rings. The fourth-order valence-electron chi connectivity index (χ4n) is 1.74. The Bertz CT molecular complexity index is 526. The maximum Gasteiger partial charge on any atom is 0.238 e. The zero-order valence-corrected chi connectivity index (χ0v) is 13.1. The Balaban J connectivity index is 2.81. The first-order chi connectivity index (χ1) is 9.36. The van der Waals surface area contributed by atoms with Crippen LogP contribution < -0.4 is 9.88 Å². The van der Waals surface area contributed by atoms with E-state index in [2.05, 4.69) is 0 Å². The van der Waals surface area contributed by atoms with Crippen LogP contribution in [0.5, 0.6) is 5.75 Å². The third-order valence-corrected chi connectivity index (χ3v) is 3.68. The number of ether oxygens (including phenoxy) is 2. The SMILES string of the molecule is CCCOCCOc1ccc(S(N)(=O)=O)cc1C(C)C. The lowest BCUT2D eigenvalue weighted by Gasteiger charge is -2.15. The highest BCUT2D eigenvalue weighted by Crippen LogP contribution is 2.28. The Kier molecular flexibility index (Phi) is 6.45. The fraction of sp³-hybridized carbons (Fsp3) is 0.571. The number of hydrogen-bond acceptors (Lipinski definition) is 4. The van der Waals surface area contributed by atoms with Crippen molar-refractivity contribution in [2.75, 3.05) is 19.8 Å². The number of hydrogen-bond donors (Lipinski definition) is 1. The van der Waals surface area contributed by atoms with Crippen LogP contribution in [0, 0.1) is 0 Å². The molecule has 0 saturated carbocycles. The van der Waals surface area contributed by atoms with Crippen molar-refractivity contribution in [3.8, 4) is 5.75 Å². The van der Waals surface area contributed by atoms with Crippen molar-refractivity contribution in [3.05, 3.63) is 23.8 Å². The molecule has 0 amide bonds. The zero-order valence-electron chi connectivity index (χ0n) is 12.3. The summed E-state index contributed by atoms with van der Waals surface area (Å²) in [4.78, 5) is 0.107. The van der Waals surface area contributed by atoms with Gasteiger partial charge in [0.2, 0.25) is 10.0 Å². The third kappa shape index (κ3) is 5.11. The monoisotopic (exact) mass is 301 g/mol. The zero-order chi connectivity index (χ0) is 15.2. The van der Waals surface area contributed by atoms with Gasteiger partial charge in [-0.1, -0.05) is 20.8 Å². The average molecular weight is 301 g/mol. The summed E-state index contributed by atoms with van der Waals surface area (Å²) in [5.41, 5.74) is 0.826. The first-order valence-corrected chi connectivity index (χ1v) is 8.28. The molecule has 6 heteroatoms. The normalized spacial score (nSPS) is 11.8. The summed E-state index contributed by atoms with van der Waals surface area (Å²) in [7, 11) is -3.69. The lowest BCUT2D eigenvalue weighted by atomic mass is 10.0. The number of primary sulfonamides is 1. The minimum absolute atomic E-state index is 0.107. The van der Waals surface area contributed by atoms with Gasteiger partial charge >= 0.3 is 0 Å². The van der Waals surface area contributed by atoms with Crippen molar-refractivity contribution in [1.82, 2.24) is 0 Å². The summed E-state index contributed by atoms with van der Waals surface area (Å²) in [5, 5.41) is 5.14. The highest BCUT2D eigenvalue weighted by Gasteiger charge is 2.14. The molecule has 0 unspecified atom stereocenters. The topological polar surface area (TPSA) is 78.6 Å². The van der Waals surface area contributed by atoms with Gasteiger partial charge in [0.15, 0.2) is 0 Å². The van der Waals surface area contributed by atoms with Gasteiger partial charge in [0.1, 0.15) is 12.4 Å². The van der Waals surface area contributed by atoms with Gasteiger partial charge in [-0.3, -0.25) is 0 Å². The molecule has 20 heavy (non-hydrogen) atoms. The predicted molar refractivity (Wildman–Crippen MR) is 78.5 cm³/mol. The highest BCUT2D eigenvalue weighted by atomic mass is 32.2. The summed E-state index contributed by atoms with van der Waals surface area (Å²) < 4.78 is 33.7. The van der Waals surface area contributed by atoms with Crippen LogP contribution in [0.4, 0.5) is 0 Å². The summed E-state index contributed by atoms with van der Waals surface area (Å²) in [6.07, 6.45) is 0.973. The van der Waals surface area contributed by atoms with Gasteiger partial charge in [0.25, 0.3) is 0 Å². The largest absolute Gasteiger partial charge is 0.491 e. The second kappa shape index (κ2) is 7.61. The molecular formula is C14H23NO4S. The molecule has 0 aliphatic rings. The average Bonchev–Trinajstić information content (AvgIpc) is 2.37. The molecule has 0 heterocycles. The van der Waals surface area contributed by atoms with Crippen molar-refractivity contribution in [2.45, 2.75) is 38.0 Å². The lowest BCUT2D eigenvalue weighted by molar-refractivity contribution is 0.100. The second-order valence-electron chi connectivity index (χ2n) is 4.86. The third-order valence-electron chi connectivity index (χ3n) is 2.77. The summed E-state index contributed by atoms with van der Waals surface area (Å²) >= 11 is 0. The summed E-state index contributed by atoms with van der Waals surface area (Å²) in [6, 6.07) is 4.68. The van der Waals surface area contributed by atoms with E-state index in [1.54, 1.807) is 12.1 Å². The van der Waals surface area contributed by atoms with Gasteiger partial charge in [-0.05, 0) is 36.1 Å². The van der Waals surface area contributed by atoms with E-state index in [0.29, 0.717) is 25.6 Å². The van der Waals surface area contributed by atoms with E-state index in [9.17, 15) is 8.42 Å². The van der Waals surface area contributed by atoms with Crippen LogP contribution in [0.25, 0.3) is 0 Å². The van der Waals surface area contributed by atoms with Crippen molar-refractivity contribution in [3.63, 3.8) is 0 Å². The molecule has 2 N–H and O–H groups in total. The molecule has 0 radical (unpaired) electrons. The van der Waals surface area contributed by atoms with E-state index >= 15 is 0 Å². The molecule has 114 valence electrons. The van der Waals surface area contributed by atoms with Crippen LogP contribution in [0.2, 0.25) is 0 Å². The van der Waals surface area contributed by atoms with E-state index in [-0.39, 0.29) is 10.8 Å². The van der Waals surface area contributed by atoms with Crippen LogP contribution in [0.3, 0.4) is 0 Å². The molecule has 5 nitrogen and oxygen atoms in total. The molecule has 0 bridgehead atoms. The Hall–Kier alpha value is -1.11. The second-order valence-corrected chi connectivity index (χ2v) is 6.42. The van der Waals surface area contributed by atoms with Crippen LogP contribution in [-0.2, 0) is 14.8 Å². The first-order valence-electron chi connectivity index (χ1n) is 6.73. The molecule has 1 aromatic carbocycles. The van der Waals surface area contributed by atoms with Crippen molar-refractivity contribution >= 4 is 10.0 Å². The van der Waals surface area contributed by atoms with Gasteiger partial charge in [0, 0.05) is 6.61 Å². The number of nitrogens with two attached hydrogens (primary N) is 1. The number of sulfonamides is 1. The van der Waals surface area contributed by atoms with Gasteiger partial charge in [-0.15, -0.1) is 0 Å². The molecule has 0 aliphatic carbocycles. The quantitative estimate of drug-likeness (QED) is 0.747. The fourth-order valence-corrected chi connectivity index (χ4v) is 2.29. The molecule has 0 fully saturated rings. The highest BCUT2D eigenvalue weighted by molar-refractivity contribution is 7.89. The standard InChI is InChI=1S/C14H23NO4S/c1-4-7-18-8-9-19-14-6-5-12(20(15,16)17)10-13(14)11(2)3/h5-6,10-11H,4,7-9H2,1-3H3,(H2,15,16,17). The summed E-state index contributed by atoms with van der Waals surface area (Å²) in [5.74, 6) is 0.816.